The van der Waals surface area contributed by atoms with Gasteiger partial charge in [0.25, 0.3) is 0 Å². The summed E-state index contributed by atoms with van der Waals surface area (Å²) in [6.45, 7) is 2.09. The average molecular weight is 172 g/mol. The monoisotopic (exact) mass is 172 g/mol. The van der Waals surface area contributed by atoms with Crippen molar-refractivity contribution in [1.29, 1.82) is 0 Å². The van der Waals surface area contributed by atoms with Gasteiger partial charge in [-0.1, -0.05) is 25.1 Å². The normalized spacial score (nSPS) is 10.5. The number of rotatable bonds is 1. The maximum atomic E-state index is 5.79. The maximum absolute atomic E-state index is 5.79. The van der Waals surface area contributed by atoms with E-state index < -0.39 is 0 Å². The van der Waals surface area contributed by atoms with Crippen molar-refractivity contribution in [3.05, 3.63) is 35.9 Å². The van der Waals surface area contributed by atoms with Crippen LogP contribution in [0.25, 0.3) is 10.9 Å². The molecule has 2 rings (SSSR count). The Morgan fingerprint density at radius 2 is 2.08 bits per heavy atom. The second kappa shape index (κ2) is 3.05. The predicted molar refractivity (Wildman–Crippen MR) is 55.5 cm³/mol. The summed E-state index contributed by atoms with van der Waals surface area (Å²) in [5.74, 6) is 0.654. The number of aromatic nitrogens is 1. The lowest BCUT2D eigenvalue weighted by Gasteiger charge is -2.03. The van der Waals surface area contributed by atoms with Crippen molar-refractivity contribution in [3.63, 3.8) is 0 Å². The number of pyridine rings is 1. The fourth-order valence-electron chi connectivity index (χ4n) is 1.46. The molecule has 2 heteroatoms. The molecule has 0 saturated heterocycles. The molecular formula is C11H12N2. The van der Waals surface area contributed by atoms with Gasteiger partial charge in [0.05, 0.1) is 5.52 Å². The molecule has 0 atom stereocenters. The van der Waals surface area contributed by atoms with Crippen molar-refractivity contribution in [2.45, 2.75) is 13.3 Å². The Bertz CT molecular complexity index is 435. The third-order valence-corrected chi connectivity index (χ3v) is 2.22. The van der Waals surface area contributed by atoms with Crippen molar-refractivity contribution in [3.8, 4) is 0 Å². The highest BCUT2D eigenvalue weighted by molar-refractivity contribution is 5.81. The summed E-state index contributed by atoms with van der Waals surface area (Å²) >= 11 is 0. The third kappa shape index (κ3) is 1.35. The van der Waals surface area contributed by atoms with Crippen molar-refractivity contribution >= 4 is 16.7 Å². The van der Waals surface area contributed by atoms with Crippen molar-refractivity contribution in [2.24, 2.45) is 0 Å². The van der Waals surface area contributed by atoms with Crippen LogP contribution in [0.3, 0.4) is 0 Å². The van der Waals surface area contributed by atoms with Gasteiger partial charge in [-0.15, -0.1) is 0 Å². The molecular weight excluding hydrogens is 160 g/mol. The molecule has 13 heavy (non-hydrogen) atoms. The standard InChI is InChI=1S/C11H12N2/c1-2-8-7-9-5-3-4-6-10(9)13-11(8)12/h3-7H,2H2,1H3,(H2,12,13). The number of benzene rings is 1. The molecule has 2 N–H and O–H groups in total. The second-order valence-corrected chi connectivity index (χ2v) is 3.08. The predicted octanol–water partition coefficient (Wildman–Crippen LogP) is 2.38. The highest BCUT2D eigenvalue weighted by atomic mass is 14.8. The number of nitrogens with two attached hydrogens (primary N) is 1. The molecule has 0 aliphatic heterocycles. The molecule has 0 amide bonds. The van der Waals surface area contributed by atoms with Gasteiger partial charge in [-0.2, -0.15) is 0 Å². The Morgan fingerprint density at radius 3 is 2.85 bits per heavy atom. The maximum Gasteiger partial charge on any atom is 0.127 e. The number of anilines is 1. The van der Waals surface area contributed by atoms with E-state index in [0.29, 0.717) is 5.82 Å². The van der Waals surface area contributed by atoms with Crippen LogP contribution in [0.15, 0.2) is 30.3 Å². The van der Waals surface area contributed by atoms with Crippen LogP contribution in [-0.2, 0) is 6.42 Å². The molecule has 0 aliphatic rings. The van der Waals surface area contributed by atoms with Gasteiger partial charge < -0.3 is 5.73 Å². The molecule has 0 bridgehead atoms. The molecule has 2 aromatic rings. The fraction of sp³-hybridized carbons (Fsp3) is 0.182. The largest absolute Gasteiger partial charge is 0.383 e. The highest BCUT2D eigenvalue weighted by Gasteiger charge is 2.00. The van der Waals surface area contributed by atoms with E-state index in [9.17, 15) is 0 Å². The van der Waals surface area contributed by atoms with Gasteiger partial charge in [0.1, 0.15) is 5.82 Å². The number of nitrogen functional groups attached to an aromatic ring is 1. The summed E-state index contributed by atoms with van der Waals surface area (Å²) in [4.78, 5) is 4.32. The smallest absolute Gasteiger partial charge is 0.127 e. The van der Waals surface area contributed by atoms with Gasteiger partial charge in [-0.05, 0) is 24.1 Å². The zero-order valence-corrected chi connectivity index (χ0v) is 7.62. The van der Waals surface area contributed by atoms with Crippen LogP contribution in [0.5, 0.6) is 0 Å². The van der Waals surface area contributed by atoms with Gasteiger partial charge in [-0.3, -0.25) is 0 Å². The fourth-order valence-corrected chi connectivity index (χ4v) is 1.46. The first-order chi connectivity index (χ1) is 6.31. The van der Waals surface area contributed by atoms with Crippen molar-refractivity contribution < 1.29 is 0 Å². The quantitative estimate of drug-likeness (QED) is 0.717. The van der Waals surface area contributed by atoms with Crippen LogP contribution < -0.4 is 5.73 Å². The first-order valence-electron chi connectivity index (χ1n) is 4.45. The van der Waals surface area contributed by atoms with E-state index in [1.165, 1.54) is 0 Å². The van der Waals surface area contributed by atoms with Gasteiger partial charge in [0.15, 0.2) is 0 Å². The number of hydrogen-bond acceptors (Lipinski definition) is 2. The lowest BCUT2D eigenvalue weighted by molar-refractivity contribution is 1.13. The summed E-state index contributed by atoms with van der Waals surface area (Å²) in [7, 11) is 0. The van der Waals surface area contributed by atoms with E-state index in [1.54, 1.807) is 0 Å². The molecule has 1 aromatic heterocycles. The van der Waals surface area contributed by atoms with Gasteiger partial charge in [0.2, 0.25) is 0 Å². The van der Waals surface area contributed by atoms with E-state index >= 15 is 0 Å². The summed E-state index contributed by atoms with van der Waals surface area (Å²) in [5.41, 5.74) is 7.88. The first kappa shape index (κ1) is 8.05. The molecule has 0 fully saturated rings. The molecule has 0 saturated carbocycles. The summed E-state index contributed by atoms with van der Waals surface area (Å²) in [6, 6.07) is 10.1. The van der Waals surface area contributed by atoms with Crippen LogP contribution in [0, 0.1) is 0 Å². The minimum Gasteiger partial charge on any atom is -0.383 e. The number of aryl methyl sites for hydroxylation is 1. The molecule has 0 spiro atoms. The Hall–Kier alpha value is -1.57. The van der Waals surface area contributed by atoms with Crippen LogP contribution in [0.4, 0.5) is 5.82 Å². The molecule has 0 aliphatic carbocycles. The third-order valence-electron chi connectivity index (χ3n) is 2.22. The van der Waals surface area contributed by atoms with E-state index in [4.69, 9.17) is 5.73 Å². The van der Waals surface area contributed by atoms with Gasteiger partial charge in [-0.25, -0.2) is 4.98 Å². The molecule has 1 heterocycles. The number of hydrogen-bond donors (Lipinski definition) is 1. The van der Waals surface area contributed by atoms with Crippen LogP contribution in [0.1, 0.15) is 12.5 Å². The number of fused-ring (bicyclic) bond motifs is 1. The minimum atomic E-state index is 0.654. The zero-order chi connectivity index (χ0) is 9.26. The number of nitrogens with zero attached hydrogens (tertiary/aromatic N) is 1. The first-order valence-corrected chi connectivity index (χ1v) is 4.45. The van der Waals surface area contributed by atoms with E-state index in [1.807, 2.05) is 18.2 Å². The highest BCUT2D eigenvalue weighted by Crippen LogP contribution is 2.18. The summed E-state index contributed by atoms with van der Waals surface area (Å²) in [5, 5.41) is 1.16. The summed E-state index contributed by atoms with van der Waals surface area (Å²) < 4.78 is 0. The zero-order valence-electron chi connectivity index (χ0n) is 7.62. The van der Waals surface area contributed by atoms with E-state index in [-0.39, 0.29) is 0 Å². The second-order valence-electron chi connectivity index (χ2n) is 3.08. The Kier molecular flexibility index (Phi) is 1.89. The van der Waals surface area contributed by atoms with Crippen molar-refractivity contribution in [2.75, 3.05) is 5.73 Å². The minimum absolute atomic E-state index is 0.654. The molecule has 0 radical (unpaired) electrons. The molecule has 1 aromatic carbocycles. The van der Waals surface area contributed by atoms with Crippen LogP contribution >= 0.6 is 0 Å². The van der Waals surface area contributed by atoms with Crippen LogP contribution in [-0.4, -0.2) is 4.98 Å². The Labute approximate surface area is 77.4 Å². The average Bonchev–Trinajstić information content (AvgIpc) is 2.17. The number of para-hydroxylation sites is 1. The topological polar surface area (TPSA) is 38.9 Å². The molecule has 0 unspecified atom stereocenters. The molecule has 2 nitrogen and oxygen atoms in total. The van der Waals surface area contributed by atoms with Gasteiger partial charge >= 0.3 is 0 Å². The van der Waals surface area contributed by atoms with E-state index in [0.717, 1.165) is 22.9 Å². The van der Waals surface area contributed by atoms with E-state index in [2.05, 4.69) is 24.0 Å². The van der Waals surface area contributed by atoms with Gasteiger partial charge in [0, 0.05) is 5.39 Å². The van der Waals surface area contributed by atoms with Crippen LogP contribution in [0.2, 0.25) is 0 Å². The Balaban J connectivity index is 2.74. The van der Waals surface area contributed by atoms with Crippen molar-refractivity contribution in [1.82, 2.24) is 4.98 Å². The lowest BCUT2D eigenvalue weighted by Crippen LogP contribution is -1.96. The molecule has 66 valence electrons. The Morgan fingerprint density at radius 1 is 1.31 bits per heavy atom. The SMILES string of the molecule is CCc1cc2ccccc2nc1N. The lowest BCUT2D eigenvalue weighted by atomic mass is 10.1. The summed E-state index contributed by atoms with van der Waals surface area (Å²) in [6.07, 6.45) is 0.934.